The standard InChI is InChI=1S/C26H25F4N3O3/c1-24(2,3)21-13-33(14-31-21)20-8-6-16(12-17(20)22(34)36-4)32-23(35)25(9-10-25)18-7-5-15(11-19(18)27)26(28,29)30/h5-8,11-14H,9-10H2,1-4H3,(H,32,35). The Morgan fingerprint density at radius 1 is 1.08 bits per heavy atom. The van der Waals surface area contributed by atoms with Gasteiger partial charge in [-0.25, -0.2) is 14.2 Å². The maximum absolute atomic E-state index is 14.6. The number of amides is 1. The highest BCUT2D eigenvalue weighted by atomic mass is 19.4. The molecule has 0 unspecified atom stereocenters. The first-order chi connectivity index (χ1) is 16.8. The van der Waals surface area contributed by atoms with Gasteiger partial charge in [-0.1, -0.05) is 26.8 Å². The summed E-state index contributed by atoms with van der Waals surface area (Å²) >= 11 is 0. The van der Waals surface area contributed by atoms with E-state index < -0.39 is 34.8 Å². The van der Waals surface area contributed by atoms with Crippen molar-refractivity contribution >= 4 is 17.6 Å². The van der Waals surface area contributed by atoms with Crippen molar-refractivity contribution < 1.29 is 31.9 Å². The van der Waals surface area contributed by atoms with Crippen molar-refractivity contribution in [3.8, 4) is 5.69 Å². The molecule has 1 saturated carbocycles. The summed E-state index contributed by atoms with van der Waals surface area (Å²) in [6, 6.07) is 6.83. The predicted molar refractivity (Wildman–Crippen MR) is 125 cm³/mol. The molecule has 2 aromatic carbocycles. The van der Waals surface area contributed by atoms with Crippen molar-refractivity contribution in [1.82, 2.24) is 9.55 Å². The van der Waals surface area contributed by atoms with Crippen LogP contribution in [0.1, 0.15) is 60.8 Å². The van der Waals surface area contributed by atoms with Crippen LogP contribution in [0.4, 0.5) is 23.2 Å². The van der Waals surface area contributed by atoms with Crippen LogP contribution in [0.15, 0.2) is 48.9 Å². The molecule has 3 aromatic rings. The summed E-state index contributed by atoms with van der Waals surface area (Å²) in [6.45, 7) is 6.02. The van der Waals surface area contributed by atoms with Crippen molar-refractivity contribution in [1.29, 1.82) is 0 Å². The molecule has 4 rings (SSSR count). The van der Waals surface area contributed by atoms with Crippen LogP contribution in [0.3, 0.4) is 0 Å². The highest BCUT2D eigenvalue weighted by Gasteiger charge is 2.53. The summed E-state index contributed by atoms with van der Waals surface area (Å²) in [5.41, 5.74) is -0.972. The number of hydrogen-bond acceptors (Lipinski definition) is 4. The lowest BCUT2D eigenvalue weighted by Crippen LogP contribution is -2.29. The number of aromatic nitrogens is 2. The molecule has 190 valence electrons. The fourth-order valence-electron chi connectivity index (χ4n) is 4.03. The zero-order valence-corrected chi connectivity index (χ0v) is 20.2. The molecule has 1 N–H and O–H groups in total. The molecule has 1 aliphatic rings. The van der Waals surface area contributed by atoms with Crippen LogP contribution in [0, 0.1) is 5.82 Å². The number of methoxy groups -OCH3 is 1. The number of carbonyl (C=O) groups is 2. The van der Waals surface area contributed by atoms with Gasteiger partial charge in [0.15, 0.2) is 0 Å². The van der Waals surface area contributed by atoms with Crippen LogP contribution >= 0.6 is 0 Å². The molecule has 0 radical (unpaired) electrons. The van der Waals surface area contributed by atoms with E-state index in [1.165, 1.54) is 13.2 Å². The van der Waals surface area contributed by atoms with E-state index in [9.17, 15) is 27.2 Å². The van der Waals surface area contributed by atoms with Crippen molar-refractivity contribution in [3.63, 3.8) is 0 Å². The first-order valence-electron chi connectivity index (χ1n) is 11.2. The summed E-state index contributed by atoms with van der Waals surface area (Å²) < 4.78 is 59.9. The van der Waals surface area contributed by atoms with E-state index in [0.717, 1.165) is 17.8 Å². The average molecular weight is 503 g/mol. The predicted octanol–water partition coefficient (Wildman–Crippen LogP) is 5.78. The Balaban J connectivity index is 1.63. The van der Waals surface area contributed by atoms with E-state index in [-0.39, 0.29) is 35.1 Å². The van der Waals surface area contributed by atoms with Gasteiger partial charge in [-0.05, 0) is 43.2 Å². The number of imidazole rings is 1. The van der Waals surface area contributed by atoms with Gasteiger partial charge in [0.05, 0.1) is 41.4 Å². The monoisotopic (exact) mass is 503 g/mol. The van der Waals surface area contributed by atoms with E-state index in [2.05, 4.69) is 10.3 Å². The maximum atomic E-state index is 14.6. The van der Waals surface area contributed by atoms with Crippen molar-refractivity contribution in [2.75, 3.05) is 12.4 Å². The van der Waals surface area contributed by atoms with Gasteiger partial charge in [0.1, 0.15) is 5.82 Å². The molecule has 6 nitrogen and oxygen atoms in total. The van der Waals surface area contributed by atoms with Gasteiger partial charge in [0.25, 0.3) is 0 Å². The number of rotatable bonds is 5. The van der Waals surface area contributed by atoms with Gasteiger partial charge >= 0.3 is 12.1 Å². The van der Waals surface area contributed by atoms with Crippen LogP contribution in [0.25, 0.3) is 5.69 Å². The van der Waals surface area contributed by atoms with Gasteiger partial charge in [0.2, 0.25) is 5.91 Å². The molecule has 0 spiro atoms. The molecule has 1 fully saturated rings. The molecular weight excluding hydrogens is 478 g/mol. The first kappa shape index (κ1) is 25.4. The number of alkyl halides is 3. The van der Waals surface area contributed by atoms with Crippen molar-refractivity contribution in [3.05, 3.63) is 77.1 Å². The minimum Gasteiger partial charge on any atom is -0.465 e. The Labute approximate surface area is 205 Å². The molecule has 36 heavy (non-hydrogen) atoms. The third-order valence-electron chi connectivity index (χ3n) is 6.29. The highest BCUT2D eigenvalue weighted by molar-refractivity contribution is 6.03. The number of nitrogens with zero attached hydrogens (tertiary/aromatic N) is 2. The Morgan fingerprint density at radius 3 is 2.31 bits per heavy atom. The van der Waals surface area contributed by atoms with Gasteiger partial charge in [-0.15, -0.1) is 0 Å². The third-order valence-corrected chi connectivity index (χ3v) is 6.29. The van der Waals surface area contributed by atoms with Crippen LogP contribution in [0.2, 0.25) is 0 Å². The first-order valence-corrected chi connectivity index (χ1v) is 11.2. The second-order valence-corrected chi connectivity index (χ2v) is 9.87. The molecule has 10 heteroatoms. The molecule has 1 amide bonds. The zero-order chi connectivity index (χ0) is 26.5. The molecule has 1 aromatic heterocycles. The fraction of sp³-hybridized carbons (Fsp3) is 0.346. The summed E-state index contributed by atoms with van der Waals surface area (Å²) in [5.74, 6) is -2.29. The number of halogens is 4. The van der Waals surface area contributed by atoms with Crippen molar-refractivity contribution in [2.45, 2.75) is 50.6 Å². The second kappa shape index (κ2) is 8.76. The topological polar surface area (TPSA) is 73.2 Å². The molecular formula is C26H25F4N3O3. The molecule has 0 bridgehead atoms. The zero-order valence-electron chi connectivity index (χ0n) is 20.2. The number of carbonyl (C=O) groups excluding carboxylic acids is 2. The van der Waals surface area contributed by atoms with Gasteiger partial charge in [0, 0.05) is 22.9 Å². The summed E-state index contributed by atoms with van der Waals surface area (Å²) in [6.07, 6.45) is -0.742. The van der Waals surface area contributed by atoms with E-state index in [1.54, 1.807) is 29.2 Å². The number of hydrogen-bond donors (Lipinski definition) is 1. The van der Waals surface area contributed by atoms with Gasteiger partial charge < -0.3 is 14.6 Å². The van der Waals surface area contributed by atoms with Gasteiger partial charge in [-0.2, -0.15) is 13.2 Å². The smallest absolute Gasteiger partial charge is 0.416 e. The number of esters is 1. The quantitative estimate of drug-likeness (QED) is 0.354. The maximum Gasteiger partial charge on any atom is 0.416 e. The number of anilines is 1. The largest absolute Gasteiger partial charge is 0.465 e. The molecule has 1 aliphatic carbocycles. The Hall–Kier alpha value is -3.69. The van der Waals surface area contributed by atoms with Crippen molar-refractivity contribution in [2.24, 2.45) is 0 Å². The summed E-state index contributed by atoms with van der Waals surface area (Å²) in [5, 5.41) is 2.68. The summed E-state index contributed by atoms with van der Waals surface area (Å²) in [4.78, 5) is 30.0. The average Bonchev–Trinajstić information content (AvgIpc) is 3.45. The van der Waals surface area contributed by atoms with E-state index in [4.69, 9.17) is 4.74 Å². The van der Waals surface area contributed by atoms with E-state index in [1.807, 2.05) is 20.8 Å². The third kappa shape index (κ3) is 4.72. The minimum atomic E-state index is -4.69. The lowest BCUT2D eigenvalue weighted by atomic mass is 9.93. The minimum absolute atomic E-state index is 0.0917. The highest BCUT2D eigenvalue weighted by Crippen LogP contribution is 2.50. The van der Waals surface area contributed by atoms with Crippen LogP contribution in [-0.4, -0.2) is 28.5 Å². The van der Waals surface area contributed by atoms with Crippen LogP contribution < -0.4 is 5.32 Å². The Bertz CT molecular complexity index is 1330. The Kier molecular flexibility index (Phi) is 6.18. The van der Waals surface area contributed by atoms with Crippen LogP contribution in [-0.2, 0) is 26.5 Å². The van der Waals surface area contributed by atoms with E-state index >= 15 is 0 Å². The molecule has 0 saturated heterocycles. The van der Waals surface area contributed by atoms with Gasteiger partial charge in [-0.3, -0.25) is 4.79 Å². The van der Waals surface area contributed by atoms with Crippen LogP contribution in [0.5, 0.6) is 0 Å². The second-order valence-electron chi connectivity index (χ2n) is 9.87. The number of benzene rings is 2. The molecule has 1 heterocycles. The number of ether oxygens (including phenoxy) is 1. The SMILES string of the molecule is COC(=O)c1cc(NC(=O)C2(c3ccc(C(F)(F)F)cc3F)CC2)ccc1-n1cnc(C(C)(C)C)c1. The lowest BCUT2D eigenvalue weighted by Gasteiger charge is -2.19. The fourth-order valence-corrected chi connectivity index (χ4v) is 4.03. The molecule has 0 aliphatic heterocycles. The normalized spacial score (nSPS) is 14.9. The summed E-state index contributed by atoms with van der Waals surface area (Å²) in [7, 11) is 1.23. The van der Waals surface area contributed by atoms with E-state index in [0.29, 0.717) is 11.8 Å². The molecule has 0 atom stereocenters. The Morgan fingerprint density at radius 2 is 1.78 bits per heavy atom. The lowest BCUT2D eigenvalue weighted by molar-refractivity contribution is -0.137. The number of nitrogens with one attached hydrogen (secondary N) is 1.